The molecule has 3 N–H and O–H groups in total. The molecule has 5 heteroatoms. The van der Waals surface area contributed by atoms with Gasteiger partial charge in [0.2, 0.25) is 0 Å². The number of esters is 1. The SMILES string of the molecule is COC(=O)C1(O)CCC(O)C1O. The number of methoxy groups -OCH3 is 1. The molecule has 70 valence electrons. The summed E-state index contributed by atoms with van der Waals surface area (Å²) in [5, 5.41) is 27.8. The van der Waals surface area contributed by atoms with E-state index in [1.54, 1.807) is 0 Å². The first-order chi connectivity index (χ1) is 5.52. The van der Waals surface area contributed by atoms with Crippen LogP contribution in [0.15, 0.2) is 0 Å². The molecule has 1 aliphatic carbocycles. The van der Waals surface area contributed by atoms with Crippen LogP contribution >= 0.6 is 0 Å². The van der Waals surface area contributed by atoms with Gasteiger partial charge in [0.05, 0.1) is 13.2 Å². The van der Waals surface area contributed by atoms with Crippen molar-refractivity contribution in [3.05, 3.63) is 0 Å². The molecule has 0 aliphatic heterocycles. The van der Waals surface area contributed by atoms with Gasteiger partial charge in [0.25, 0.3) is 0 Å². The number of aliphatic hydroxyl groups is 3. The average molecular weight is 176 g/mol. The molecule has 0 aromatic rings. The van der Waals surface area contributed by atoms with E-state index in [-0.39, 0.29) is 12.8 Å². The second-order valence-corrected chi connectivity index (χ2v) is 2.97. The highest BCUT2D eigenvalue weighted by molar-refractivity contribution is 5.80. The highest BCUT2D eigenvalue weighted by atomic mass is 16.5. The van der Waals surface area contributed by atoms with Crippen molar-refractivity contribution in [2.24, 2.45) is 0 Å². The number of ether oxygens (including phenoxy) is 1. The maximum atomic E-state index is 10.9. The van der Waals surface area contributed by atoms with E-state index in [0.717, 1.165) is 7.11 Å². The summed E-state index contributed by atoms with van der Waals surface area (Å²) in [4.78, 5) is 10.9. The minimum absolute atomic E-state index is 0.0298. The molecule has 0 radical (unpaired) electrons. The van der Waals surface area contributed by atoms with Crippen molar-refractivity contribution < 1.29 is 24.9 Å². The van der Waals surface area contributed by atoms with E-state index >= 15 is 0 Å². The van der Waals surface area contributed by atoms with E-state index in [2.05, 4.69) is 4.74 Å². The van der Waals surface area contributed by atoms with Gasteiger partial charge in [0, 0.05) is 0 Å². The number of rotatable bonds is 1. The van der Waals surface area contributed by atoms with Gasteiger partial charge in [-0.1, -0.05) is 0 Å². The molecule has 1 rings (SSSR count). The van der Waals surface area contributed by atoms with Crippen LogP contribution in [0.3, 0.4) is 0 Å². The Morgan fingerprint density at radius 3 is 2.50 bits per heavy atom. The van der Waals surface area contributed by atoms with Crippen molar-refractivity contribution in [2.75, 3.05) is 7.11 Å². The summed E-state index contributed by atoms with van der Waals surface area (Å²) in [5.41, 5.74) is -1.92. The van der Waals surface area contributed by atoms with Gasteiger partial charge in [-0.3, -0.25) is 0 Å². The standard InChI is InChI=1S/C7H12O5/c1-12-6(10)7(11)3-2-4(8)5(7)9/h4-5,8-9,11H,2-3H2,1H3. The van der Waals surface area contributed by atoms with Crippen molar-refractivity contribution in [2.45, 2.75) is 30.7 Å². The minimum Gasteiger partial charge on any atom is -0.467 e. The lowest BCUT2D eigenvalue weighted by Crippen LogP contribution is -2.49. The monoisotopic (exact) mass is 176 g/mol. The van der Waals surface area contributed by atoms with Gasteiger partial charge in [-0.25, -0.2) is 4.79 Å². The molecule has 0 heterocycles. The molecule has 3 atom stereocenters. The van der Waals surface area contributed by atoms with Crippen LogP contribution in [0.2, 0.25) is 0 Å². The van der Waals surface area contributed by atoms with Crippen LogP contribution in [0, 0.1) is 0 Å². The summed E-state index contributed by atoms with van der Waals surface area (Å²) >= 11 is 0. The zero-order valence-corrected chi connectivity index (χ0v) is 6.73. The van der Waals surface area contributed by atoms with E-state index in [1.807, 2.05) is 0 Å². The van der Waals surface area contributed by atoms with Crippen LogP contribution in [-0.2, 0) is 9.53 Å². The van der Waals surface area contributed by atoms with Gasteiger partial charge in [0.1, 0.15) is 6.10 Å². The molecule has 0 aromatic carbocycles. The fraction of sp³-hybridized carbons (Fsp3) is 0.857. The lowest BCUT2D eigenvalue weighted by Gasteiger charge is -2.23. The number of hydrogen-bond donors (Lipinski definition) is 3. The van der Waals surface area contributed by atoms with Crippen molar-refractivity contribution in [3.8, 4) is 0 Å². The Balaban J connectivity index is 2.78. The molecular formula is C7H12O5. The largest absolute Gasteiger partial charge is 0.467 e. The van der Waals surface area contributed by atoms with Crippen LogP contribution < -0.4 is 0 Å². The highest BCUT2D eigenvalue weighted by Gasteiger charge is 2.52. The molecular weight excluding hydrogens is 164 g/mol. The summed E-state index contributed by atoms with van der Waals surface area (Å²) < 4.78 is 4.30. The van der Waals surface area contributed by atoms with Crippen LogP contribution in [-0.4, -0.2) is 46.2 Å². The molecule has 0 bridgehead atoms. The predicted octanol–water partition coefficient (Wildman–Crippen LogP) is -1.59. The lowest BCUT2D eigenvalue weighted by atomic mass is 10.0. The molecule has 1 saturated carbocycles. The van der Waals surface area contributed by atoms with Gasteiger partial charge in [-0.15, -0.1) is 0 Å². The maximum absolute atomic E-state index is 10.9. The van der Waals surface area contributed by atoms with E-state index < -0.39 is 23.8 Å². The van der Waals surface area contributed by atoms with Gasteiger partial charge in [-0.05, 0) is 12.8 Å². The molecule has 1 fully saturated rings. The van der Waals surface area contributed by atoms with Crippen LogP contribution in [0.4, 0.5) is 0 Å². The Morgan fingerprint density at radius 1 is 1.58 bits per heavy atom. The minimum atomic E-state index is -1.92. The topological polar surface area (TPSA) is 87.0 Å². The average Bonchev–Trinajstić information content (AvgIpc) is 2.33. The summed E-state index contributed by atoms with van der Waals surface area (Å²) in [7, 11) is 1.12. The number of aliphatic hydroxyl groups excluding tert-OH is 2. The second-order valence-electron chi connectivity index (χ2n) is 2.97. The van der Waals surface area contributed by atoms with E-state index in [1.165, 1.54) is 0 Å². The van der Waals surface area contributed by atoms with Gasteiger partial charge in [-0.2, -0.15) is 0 Å². The zero-order valence-electron chi connectivity index (χ0n) is 6.73. The third-order valence-corrected chi connectivity index (χ3v) is 2.21. The van der Waals surface area contributed by atoms with Crippen LogP contribution in [0.1, 0.15) is 12.8 Å². The predicted molar refractivity (Wildman–Crippen MR) is 38.2 cm³/mol. The van der Waals surface area contributed by atoms with Crippen molar-refractivity contribution in [1.82, 2.24) is 0 Å². The first-order valence-electron chi connectivity index (χ1n) is 3.69. The number of hydrogen-bond acceptors (Lipinski definition) is 5. The molecule has 1 aliphatic rings. The smallest absolute Gasteiger partial charge is 0.340 e. The Hall–Kier alpha value is -0.650. The summed E-state index contributed by atoms with van der Waals surface area (Å²) in [6, 6.07) is 0. The normalized spacial score (nSPS) is 41.3. The van der Waals surface area contributed by atoms with Gasteiger partial charge >= 0.3 is 5.97 Å². The first-order valence-corrected chi connectivity index (χ1v) is 3.69. The van der Waals surface area contributed by atoms with E-state index in [9.17, 15) is 15.0 Å². The summed E-state index contributed by atoms with van der Waals surface area (Å²) in [6.07, 6.45) is -2.26. The Labute approximate surface area is 69.6 Å². The molecule has 0 saturated heterocycles. The fourth-order valence-corrected chi connectivity index (χ4v) is 1.39. The number of carbonyl (C=O) groups is 1. The summed E-state index contributed by atoms with van der Waals surface area (Å²) in [6.45, 7) is 0. The molecule has 0 amide bonds. The van der Waals surface area contributed by atoms with E-state index in [4.69, 9.17) is 5.11 Å². The third-order valence-electron chi connectivity index (χ3n) is 2.21. The van der Waals surface area contributed by atoms with E-state index in [0.29, 0.717) is 0 Å². The Kier molecular flexibility index (Phi) is 2.36. The molecule has 3 unspecified atom stereocenters. The van der Waals surface area contributed by atoms with Crippen LogP contribution in [0.25, 0.3) is 0 Å². The number of carbonyl (C=O) groups excluding carboxylic acids is 1. The molecule has 0 spiro atoms. The van der Waals surface area contributed by atoms with Crippen LogP contribution in [0.5, 0.6) is 0 Å². The zero-order chi connectivity index (χ0) is 9.35. The van der Waals surface area contributed by atoms with Crippen molar-refractivity contribution in [3.63, 3.8) is 0 Å². The van der Waals surface area contributed by atoms with Crippen molar-refractivity contribution >= 4 is 5.97 Å². The lowest BCUT2D eigenvalue weighted by molar-refractivity contribution is -0.175. The second kappa shape index (κ2) is 3.01. The Bertz CT molecular complexity index is 192. The maximum Gasteiger partial charge on any atom is 0.340 e. The summed E-state index contributed by atoms with van der Waals surface area (Å²) in [5.74, 6) is -0.897. The van der Waals surface area contributed by atoms with Gasteiger partial charge in [0.15, 0.2) is 5.60 Å². The Morgan fingerprint density at radius 2 is 2.17 bits per heavy atom. The van der Waals surface area contributed by atoms with Gasteiger partial charge < -0.3 is 20.1 Å². The molecule has 5 nitrogen and oxygen atoms in total. The third kappa shape index (κ3) is 1.20. The molecule has 0 aromatic heterocycles. The quantitative estimate of drug-likeness (QED) is 0.419. The first kappa shape index (κ1) is 9.44. The fourth-order valence-electron chi connectivity index (χ4n) is 1.39. The highest BCUT2D eigenvalue weighted by Crippen LogP contribution is 2.31. The molecule has 12 heavy (non-hydrogen) atoms. The van der Waals surface area contributed by atoms with Crippen molar-refractivity contribution in [1.29, 1.82) is 0 Å².